The summed E-state index contributed by atoms with van der Waals surface area (Å²) in [5.74, 6) is 0.343. The largest absolute Gasteiger partial charge is 0.467 e. The van der Waals surface area contributed by atoms with Crippen LogP contribution in [0, 0.1) is 0 Å². The number of aromatic nitrogens is 4. The topological polar surface area (TPSA) is 85.8 Å². The van der Waals surface area contributed by atoms with Gasteiger partial charge in [0, 0.05) is 0 Å². The maximum atomic E-state index is 12.2. The van der Waals surface area contributed by atoms with Crippen molar-refractivity contribution in [2.45, 2.75) is 11.7 Å². The fraction of sp³-hybridized carbons (Fsp3) is 0.143. The quantitative estimate of drug-likeness (QED) is 0.432. The number of halogens is 4. The minimum absolute atomic E-state index is 0.0231. The number of nitrogens with one attached hydrogen (secondary N) is 1. The minimum atomic E-state index is -0.371. The number of nitrogens with zero attached hydrogens (tertiary/aromatic N) is 4. The van der Waals surface area contributed by atoms with Crippen molar-refractivity contribution in [3.63, 3.8) is 0 Å². The molecule has 0 aliphatic carbocycles. The van der Waals surface area contributed by atoms with Gasteiger partial charge in [0.15, 0.2) is 0 Å². The highest BCUT2D eigenvalue weighted by molar-refractivity contribution is 7.99. The Morgan fingerprint density at radius 3 is 2.62 bits per heavy atom. The Labute approximate surface area is 171 Å². The lowest BCUT2D eigenvalue weighted by Gasteiger charge is -2.11. The van der Waals surface area contributed by atoms with Gasteiger partial charge in [-0.25, -0.2) is 4.68 Å². The number of furan rings is 1. The zero-order valence-electron chi connectivity index (χ0n) is 12.7. The van der Waals surface area contributed by atoms with Crippen molar-refractivity contribution < 1.29 is 9.21 Å². The Hall–Kier alpha value is -1.45. The van der Waals surface area contributed by atoms with Crippen LogP contribution in [0.15, 0.2) is 34.0 Å². The molecule has 0 saturated heterocycles. The van der Waals surface area contributed by atoms with E-state index in [9.17, 15) is 4.79 Å². The summed E-state index contributed by atoms with van der Waals surface area (Å²) in [6.45, 7) is 0.353. The standard InChI is InChI=1S/C14H9Cl4N5O2S/c15-8-4-9(16)12(18)13(11(8)17)19-10(24)6-26-14-20-21-22-23(14)5-7-2-1-3-25-7/h1-4H,5-6H2,(H,19,24). The third-order valence-corrected chi connectivity index (χ3v) is 5.63. The van der Waals surface area contributed by atoms with Crippen molar-refractivity contribution in [1.82, 2.24) is 20.2 Å². The van der Waals surface area contributed by atoms with Gasteiger partial charge < -0.3 is 9.73 Å². The summed E-state index contributed by atoms with van der Waals surface area (Å²) >= 11 is 25.2. The Bertz CT molecular complexity index is 906. The van der Waals surface area contributed by atoms with Crippen molar-refractivity contribution in [1.29, 1.82) is 0 Å². The molecule has 26 heavy (non-hydrogen) atoms. The van der Waals surface area contributed by atoms with Gasteiger partial charge in [0.25, 0.3) is 0 Å². The summed E-state index contributed by atoms with van der Waals surface area (Å²) < 4.78 is 6.78. The highest BCUT2D eigenvalue weighted by Crippen LogP contribution is 2.41. The molecular weight excluding hydrogens is 444 g/mol. The molecule has 1 aromatic carbocycles. The van der Waals surface area contributed by atoms with E-state index in [-0.39, 0.29) is 37.4 Å². The first-order valence-electron chi connectivity index (χ1n) is 7.00. The molecule has 1 amide bonds. The maximum absolute atomic E-state index is 12.2. The lowest BCUT2D eigenvalue weighted by Crippen LogP contribution is -2.15. The molecule has 2 aromatic heterocycles. The van der Waals surface area contributed by atoms with Gasteiger partial charge in [-0.05, 0) is 28.6 Å². The van der Waals surface area contributed by atoms with Gasteiger partial charge in [-0.3, -0.25) is 4.79 Å². The van der Waals surface area contributed by atoms with Gasteiger partial charge >= 0.3 is 0 Å². The lowest BCUT2D eigenvalue weighted by molar-refractivity contribution is -0.113. The van der Waals surface area contributed by atoms with Crippen LogP contribution < -0.4 is 5.32 Å². The van der Waals surface area contributed by atoms with Gasteiger partial charge in [-0.15, -0.1) is 5.10 Å². The van der Waals surface area contributed by atoms with Crippen molar-refractivity contribution in [2.75, 3.05) is 11.1 Å². The summed E-state index contributed by atoms with van der Waals surface area (Å²) in [6, 6.07) is 4.97. The van der Waals surface area contributed by atoms with Crippen molar-refractivity contribution >= 4 is 69.8 Å². The first-order valence-corrected chi connectivity index (χ1v) is 9.49. The molecule has 0 saturated carbocycles. The maximum Gasteiger partial charge on any atom is 0.234 e. The van der Waals surface area contributed by atoms with E-state index in [1.807, 2.05) is 0 Å². The number of tetrazole rings is 1. The number of thioether (sulfide) groups is 1. The Kier molecular flexibility index (Phi) is 6.31. The summed E-state index contributed by atoms with van der Waals surface area (Å²) in [6.07, 6.45) is 1.56. The van der Waals surface area contributed by atoms with E-state index in [1.54, 1.807) is 18.4 Å². The number of anilines is 1. The van der Waals surface area contributed by atoms with Crippen molar-refractivity contribution in [2.24, 2.45) is 0 Å². The van der Waals surface area contributed by atoms with Crippen LogP contribution in [0.4, 0.5) is 5.69 Å². The fourth-order valence-corrected chi connectivity index (χ4v) is 3.52. The van der Waals surface area contributed by atoms with Gasteiger partial charge in [0.2, 0.25) is 11.1 Å². The molecule has 3 rings (SSSR count). The second kappa shape index (κ2) is 8.49. The third kappa shape index (κ3) is 4.44. The van der Waals surface area contributed by atoms with E-state index in [2.05, 4.69) is 20.8 Å². The number of carbonyl (C=O) groups is 1. The predicted molar refractivity (Wildman–Crippen MR) is 101 cm³/mol. The molecule has 0 aliphatic heterocycles. The predicted octanol–water partition coefficient (Wildman–Crippen LogP) is 4.66. The summed E-state index contributed by atoms with van der Waals surface area (Å²) in [4.78, 5) is 12.2. The van der Waals surface area contributed by atoms with E-state index in [4.69, 9.17) is 50.8 Å². The molecular formula is C14H9Cl4N5O2S. The SMILES string of the molecule is O=C(CSc1nnnn1Cc1ccco1)Nc1c(Cl)c(Cl)cc(Cl)c1Cl. The van der Waals surface area contributed by atoms with Crippen LogP contribution in [0.5, 0.6) is 0 Å². The number of carbonyl (C=O) groups excluding carboxylic acids is 1. The van der Waals surface area contributed by atoms with E-state index in [0.717, 1.165) is 11.8 Å². The second-order valence-electron chi connectivity index (χ2n) is 4.88. The Morgan fingerprint density at radius 2 is 1.96 bits per heavy atom. The van der Waals surface area contributed by atoms with Crippen LogP contribution in [0.25, 0.3) is 0 Å². The number of amides is 1. The number of rotatable bonds is 6. The molecule has 0 spiro atoms. The number of benzene rings is 1. The third-order valence-electron chi connectivity index (χ3n) is 3.09. The van der Waals surface area contributed by atoms with Crippen LogP contribution in [-0.4, -0.2) is 31.9 Å². The molecule has 0 bridgehead atoms. The zero-order chi connectivity index (χ0) is 18.7. The average Bonchev–Trinajstić information content (AvgIpc) is 3.27. The monoisotopic (exact) mass is 451 g/mol. The van der Waals surface area contributed by atoms with E-state index < -0.39 is 0 Å². The molecule has 0 fully saturated rings. The molecule has 0 unspecified atom stereocenters. The molecule has 2 heterocycles. The van der Waals surface area contributed by atoms with Crippen LogP contribution in [0.3, 0.4) is 0 Å². The second-order valence-corrected chi connectivity index (χ2v) is 7.39. The molecule has 0 aliphatic rings. The summed E-state index contributed by atoms with van der Waals surface area (Å²) in [5, 5.41) is 15.0. The van der Waals surface area contributed by atoms with Crippen molar-refractivity contribution in [3.8, 4) is 0 Å². The Balaban J connectivity index is 1.65. The molecule has 0 radical (unpaired) electrons. The van der Waals surface area contributed by atoms with E-state index in [0.29, 0.717) is 17.5 Å². The normalized spacial score (nSPS) is 10.9. The van der Waals surface area contributed by atoms with Gasteiger partial charge in [0.1, 0.15) is 12.3 Å². The summed E-state index contributed by atoms with van der Waals surface area (Å²) in [7, 11) is 0. The number of hydrogen-bond donors (Lipinski definition) is 1. The van der Waals surface area contributed by atoms with Gasteiger partial charge in [-0.2, -0.15) is 0 Å². The first kappa shape index (κ1) is 19.3. The fourth-order valence-electron chi connectivity index (χ4n) is 1.94. The van der Waals surface area contributed by atoms with Crippen LogP contribution >= 0.6 is 58.2 Å². The number of hydrogen-bond acceptors (Lipinski definition) is 6. The highest BCUT2D eigenvalue weighted by atomic mass is 35.5. The highest BCUT2D eigenvalue weighted by Gasteiger charge is 2.17. The van der Waals surface area contributed by atoms with E-state index >= 15 is 0 Å². The molecule has 0 atom stereocenters. The zero-order valence-corrected chi connectivity index (χ0v) is 16.6. The minimum Gasteiger partial charge on any atom is -0.467 e. The van der Waals surface area contributed by atoms with Gasteiger partial charge in [0.05, 0.1) is 37.8 Å². The lowest BCUT2D eigenvalue weighted by atomic mass is 10.3. The molecule has 12 heteroatoms. The first-order chi connectivity index (χ1) is 12.5. The summed E-state index contributed by atoms with van der Waals surface area (Å²) in [5.41, 5.74) is 0.159. The molecule has 3 aromatic rings. The average molecular weight is 453 g/mol. The Morgan fingerprint density at radius 1 is 1.23 bits per heavy atom. The molecule has 7 nitrogen and oxygen atoms in total. The van der Waals surface area contributed by atoms with Crippen LogP contribution in [0.2, 0.25) is 20.1 Å². The molecule has 1 N–H and O–H groups in total. The smallest absolute Gasteiger partial charge is 0.234 e. The molecule has 136 valence electrons. The van der Waals surface area contributed by atoms with Crippen LogP contribution in [0.1, 0.15) is 5.76 Å². The van der Waals surface area contributed by atoms with E-state index in [1.165, 1.54) is 10.7 Å². The van der Waals surface area contributed by atoms with Gasteiger partial charge in [-0.1, -0.05) is 58.2 Å². The van der Waals surface area contributed by atoms with Crippen LogP contribution in [-0.2, 0) is 11.3 Å². The van der Waals surface area contributed by atoms with Crippen molar-refractivity contribution in [3.05, 3.63) is 50.3 Å².